The minimum absolute atomic E-state index is 0. The minimum Gasteiger partial charge on any atom is -0.400 e. The van der Waals surface area contributed by atoms with Gasteiger partial charge in [-0.1, -0.05) is 13.0 Å². The zero-order valence-electron chi connectivity index (χ0n) is 12.4. The number of rotatable bonds is 3. The summed E-state index contributed by atoms with van der Waals surface area (Å²) in [5.74, 6) is 0. The Labute approximate surface area is 136 Å². The number of nitrogens with zero attached hydrogens (tertiary/aromatic N) is 1. The Bertz CT molecular complexity index is 239. The summed E-state index contributed by atoms with van der Waals surface area (Å²) in [7, 11) is 3.00. The zero-order chi connectivity index (χ0) is 15.0. The smallest absolute Gasteiger partial charge is 0.0529 e. The molecule has 0 spiro atoms. The Kier molecular flexibility index (Phi) is 33.5. The van der Waals surface area contributed by atoms with Gasteiger partial charge in [-0.25, -0.2) is 0 Å². The van der Waals surface area contributed by atoms with Gasteiger partial charge in [0.25, 0.3) is 0 Å². The number of aliphatic hydroxyl groups is 3. The number of aliphatic hydroxyl groups excluding tert-OH is 3. The van der Waals surface area contributed by atoms with E-state index in [1.165, 1.54) is 0 Å². The van der Waals surface area contributed by atoms with Crippen LogP contribution in [-0.2, 0) is 21.7 Å². The quantitative estimate of drug-likeness (QED) is 0.585. The van der Waals surface area contributed by atoms with Crippen LogP contribution in [-0.4, -0.2) is 46.9 Å². The maximum atomic E-state index is 7.00. The van der Waals surface area contributed by atoms with Crippen molar-refractivity contribution < 1.29 is 37.0 Å². The van der Waals surface area contributed by atoms with E-state index < -0.39 is 0 Å². The first-order chi connectivity index (χ1) is 8.70. The third-order valence-corrected chi connectivity index (χ3v) is 2.66. The summed E-state index contributed by atoms with van der Waals surface area (Å²) in [6, 6.07) is 6.02. The molecule has 0 aromatic carbocycles. The van der Waals surface area contributed by atoms with Gasteiger partial charge < -0.3 is 22.2 Å². The van der Waals surface area contributed by atoms with Crippen LogP contribution in [0.25, 0.3) is 0 Å². The van der Waals surface area contributed by atoms with Crippen LogP contribution < -0.4 is 0 Å². The molecular formula is C13H26NO3STi-. The molecule has 0 bridgehead atoms. The SMILES string of the molecule is CO.CO.CO.[CH2-]C(C)SC(C)c1ccccn1.[Ti]. The molecule has 0 radical (unpaired) electrons. The fourth-order valence-corrected chi connectivity index (χ4v) is 2.01. The standard InChI is InChI=1S/C10H14NS.3CH4O.Ti/c1-8(2)12-9(3)10-6-4-5-7-11-10;3*1-2;/h4-9H,1H2,2-3H3;3*2H,1H3;/q-1;;;;. The fourth-order valence-electron chi connectivity index (χ4n) is 1.03. The van der Waals surface area contributed by atoms with Crippen LogP contribution in [0.3, 0.4) is 0 Å². The molecule has 0 aliphatic heterocycles. The van der Waals surface area contributed by atoms with Crippen LogP contribution in [0.1, 0.15) is 24.8 Å². The topological polar surface area (TPSA) is 73.6 Å². The monoisotopic (exact) mass is 324 g/mol. The van der Waals surface area contributed by atoms with E-state index in [0.717, 1.165) is 27.0 Å². The Morgan fingerprint density at radius 3 is 1.84 bits per heavy atom. The van der Waals surface area contributed by atoms with E-state index in [4.69, 9.17) is 15.3 Å². The van der Waals surface area contributed by atoms with E-state index in [1.54, 1.807) is 0 Å². The number of thioether (sulfide) groups is 1. The van der Waals surface area contributed by atoms with Gasteiger partial charge in [0, 0.05) is 54.5 Å². The third kappa shape index (κ3) is 18.1. The third-order valence-electron chi connectivity index (χ3n) is 1.54. The van der Waals surface area contributed by atoms with Gasteiger partial charge in [0.1, 0.15) is 0 Å². The summed E-state index contributed by atoms with van der Waals surface area (Å²) in [4.78, 5) is 4.28. The average Bonchev–Trinajstić information content (AvgIpc) is 2.46. The maximum absolute atomic E-state index is 7.00. The van der Waals surface area contributed by atoms with Gasteiger partial charge in [-0.3, -0.25) is 4.98 Å². The molecule has 1 aromatic rings. The van der Waals surface area contributed by atoms with Gasteiger partial charge in [0.05, 0.1) is 5.69 Å². The molecule has 1 heterocycles. The number of pyridine rings is 1. The fraction of sp³-hybridized carbons (Fsp3) is 0.538. The number of hydrogen-bond acceptors (Lipinski definition) is 5. The zero-order valence-corrected chi connectivity index (χ0v) is 14.7. The van der Waals surface area contributed by atoms with Crippen LogP contribution >= 0.6 is 11.8 Å². The van der Waals surface area contributed by atoms with Crippen LogP contribution in [0.2, 0.25) is 0 Å². The van der Waals surface area contributed by atoms with Crippen molar-refractivity contribution in [3.05, 3.63) is 37.0 Å². The van der Waals surface area contributed by atoms with Gasteiger partial charge in [0.15, 0.2) is 0 Å². The van der Waals surface area contributed by atoms with Crippen molar-refractivity contribution in [2.24, 2.45) is 0 Å². The normalized spacial score (nSPS) is 10.8. The van der Waals surface area contributed by atoms with Crippen molar-refractivity contribution in [1.29, 1.82) is 0 Å². The van der Waals surface area contributed by atoms with Gasteiger partial charge in [-0.15, -0.1) is 5.25 Å². The van der Waals surface area contributed by atoms with E-state index in [1.807, 2.05) is 30.1 Å². The summed E-state index contributed by atoms with van der Waals surface area (Å²) in [5.41, 5.74) is 1.14. The molecule has 0 saturated carbocycles. The van der Waals surface area contributed by atoms with Crippen molar-refractivity contribution in [3.63, 3.8) is 0 Å². The second kappa shape index (κ2) is 23.2. The maximum Gasteiger partial charge on any atom is 0.0529 e. The molecule has 0 amide bonds. The largest absolute Gasteiger partial charge is 0.400 e. The molecule has 0 aliphatic carbocycles. The van der Waals surface area contributed by atoms with E-state index in [0.29, 0.717) is 10.5 Å². The Morgan fingerprint density at radius 1 is 1.05 bits per heavy atom. The van der Waals surface area contributed by atoms with E-state index >= 15 is 0 Å². The predicted octanol–water partition coefficient (Wildman–Crippen LogP) is 1.92. The molecule has 0 saturated heterocycles. The summed E-state index contributed by atoms with van der Waals surface area (Å²) in [5, 5.41) is 21.9. The second-order valence-corrected chi connectivity index (χ2v) is 4.63. The van der Waals surface area contributed by atoms with Crippen LogP contribution in [0.4, 0.5) is 0 Å². The Morgan fingerprint density at radius 2 is 1.53 bits per heavy atom. The van der Waals surface area contributed by atoms with Crippen LogP contribution in [0.15, 0.2) is 24.4 Å². The van der Waals surface area contributed by atoms with Gasteiger partial charge in [-0.05, 0) is 19.1 Å². The van der Waals surface area contributed by atoms with Gasteiger partial charge in [0.2, 0.25) is 0 Å². The van der Waals surface area contributed by atoms with Gasteiger partial charge in [-0.2, -0.15) is 11.8 Å². The molecule has 112 valence electrons. The van der Waals surface area contributed by atoms with Crippen molar-refractivity contribution in [2.75, 3.05) is 21.3 Å². The van der Waals surface area contributed by atoms with E-state index in [-0.39, 0.29) is 21.7 Å². The molecular weight excluding hydrogens is 298 g/mol. The predicted molar refractivity (Wildman–Crippen MR) is 79.5 cm³/mol. The first-order valence-electron chi connectivity index (χ1n) is 5.44. The molecule has 1 aromatic heterocycles. The van der Waals surface area contributed by atoms with Gasteiger partial charge >= 0.3 is 0 Å². The molecule has 2 unspecified atom stereocenters. The molecule has 2 atom stereocenters. The first kappa shape index (κ1) is 27.4. The molecule has 19 heavy (non-hydrogen) atoms. The number of hydrogen-bond donors (Lipinski definition) is 3. The molecule has 3 N–H and O–H groups in total. The van der Waals surface area contributed by atoms with Crippen molar-refractivity contribution in [3.8, 4) is 0 Å². The van der Waals surface area contributed by atoms with Crippen LogP contribution in [0.5, 0.6) is 0 Å². The van der Waals surface area contributed by atoms with E-state index in [9.17, 15) is 0 Å². The second-order valence-electron chi connectivity index (χ2n) is 2.84. The van der Waals surface area contributed by atoms with Crippen LogP contribution in [0, 0.1) is 6.92 Å². The van der Waals surface area contributed by atoms with Crippen molar-refractivity contribution in [2.45, 2.75) is 24.3 Å². The minimum atomic E-state index is 0. The molecule has 6 heteroatoms. The van der Waals surface area contributed by atoms with E-state index in [2.05, 4.69) is 31.8 Å². The first-order valence-corrected chi connectivity index (χ1v) is 6.38. The summed E-state index contributed by atoms with van der Waals surface area (Å²) < 4.78 is 0. The summed E-state index contributed by atoms with van der Waals surface area (Å²) in [6.45, 7) is 8.20. The molecule has 0 fully saturated rings. The molecule has 0 aliphatic rings. The molecule has 1 rings (SSSR count). The molecule has 4 nitrogen and oxygen atoms in total. The summed E-state index contributed by atoms with van der Waals surface area (Å²) >= 11 is 1.83. The Balaban J connectivity index is -0.000000142. The average molecular weight is 324 g/mol. The number of aromatic nitrogens is 1. The van der Waals surface area contributed by atoms with Crippen molar-refractivity contribution in [1.82, 2.24) is 4.98 Å². The van der Waals surface area contributed by atoms with Crippen molar-refractivity contribution >= 4 is 11.8 Å². The Hall–Kier alpha value is 0.0943. The summed E-state index contributed by atoms with van der Waals surface area (Å²) in [6.07, 6.45) is 1.83.